The summed E-state index contributed by atoms with van der Waals surface area (Å²) in [5.41, 5.74) is 2.29. The minimum atomic E-state index is -0.221. The number of likely N-dealkylation sites (tertiary alicyclic amines) is 1. The molecule has 25 heavy (non-hydrogen) atoms. The second-order valence-electron chi connectivity index (χ2n) is 7.04. The average molecular weight is 343 g/mol. The van der Waals surface area contributed by atoms with E-state index in [1.807, 2.05) is 23.1 Å². The zero-order valence-electron chi connectivity index (χ0n) is 14.6. The Morgan fingerprint density at radius 1 is 1.32 bits per heavy atom. The van der Waals surface area contributed by atoms with Crippen molar-refractivity contribution < 1.29 is 14.5 Å². The molecule has 0 bridgehead atoms. The van der Waals surface area contributed by atoms with E-state index in [0.29, 0.717) is 17.9 Å². The molecular weight excluding hydrogens is 318 g/mol. The van der Waals surface area contributed by atoms with E-state index < -0.39 is 0 Å². The van der Waals surface area contributed by atoms with Crippen LogP contribution in [0.3, 0.4) is 0 Å². The van der Waals surface area contributed by atoms with Crippen molar-refractivity contribution in [2.45, 2.75) is 39.0 Å². The highest BCUT2D eigenvalue weighted by Gasteiger charge is 2.36. The van der Waals surface area contributed by atoms with Crippen LogP contribution in [0.25, 0.3) is 0 Å². The van der Waals surface area contributed by atoms with E-state index in [9.17, 15) is 9.90 Å². The van der Waals surface area contributed by atoms with Gasteiger partial charge in [0, 0.05) is 18.5 Å². The number of hydrogen-bond donors (Lipinski definition) is 1. The number of hydrogen-bond acceptors (Lipinski definition) is 5. The van der Waals surface area contributed by atoms with Crippen LogP contribution < -0.4 is 0 Å². The normalized spacial score (nSPS) is 20.6. The smallest absolute Gasteiger partial charge is 0.228 e. The van der Waals surface area contributed by atoms with E-state index in [-0.39, 0.29) is 24.3 Å². The van der Waals surface area contributed by atoms with Crippen molar-refractivity contribution in [1.29, 1.82) is 0 Å². The molecule has 1 aliphatic heterocycles. The molecule has 2 aromatic rings. The molecule has 0 spiro atoms. The third-order valence-electron chi connectivity index (χ3n) is 5.20. The van der Waals surface area contributed by atoms with Gasteiger partial charge in [-0.2, -0.15) is 0 Å². The molecule has 1 saturated heterocycles. The van der Waals surface area contributed by atoms with Gasteiger partial charge in [0.05, 0.1) is 13.0 Å². The number of nitrogens with zero attached hydrogens (tertiary/aromatic N) is 3. The maximum Gasteiger partial charge on any atom is 0.228 e. The van der Waals surface area contributed by atoms with E-state index in [2.05, 4.69) is 27.1 Å². The Bertz CT molecular complexity index is 701. The molecule has 134 valence electrons. The minimum Gasteiger partial charge on any atom is -0.396 e. The summed E-state index contributed by atoms with van der Waals surface area (Å²) < 4.78 is 4.67. The molecule has 1 aliphatic rings. The highest BCUT2D eigenvalue weighted by Crippen LogP contribution is 2.34. The van der Waals surface area contributed by atoms with Gasteiger partial charge < -0.3 is 10.0 Å². The predicted octanol–water partition coefficient (Wildman–Crippen LogP) is 2.15. The fourth-order valence-corrected chi connectivity index (χ4v) is 3.55. The number of aryl methyl sites for hydroxylation is 2. The molecule has 1 atom stereocenters. The zero-order valence-corrected chi connectivity index (χ0v) is 14.6. The molecule has 1 N–H and O–H groups in total. The van der Waals surface area contributed by atoms with Gasteiger partial charge in [-0.25, -0.2) is 4.63 Å². The first-order valence-electron chi connectivity index (χ1n) is 8.82. The van der Waals surface area contributed by atoms with Crippen LogP contribution in [-0.2, 0) is 17.6 Å². The third kappa shape index (κ3) is 4.25. The minimum absolute atomic E-state index is 0.0241. The van der Waals surface area contributed by atoms with Gasteiger partial charge in [0.15, 0.2) is 0 Å². The first kappa shape index (κ1) is 17.6. The number of benzene rings is 1. The number of aliphatic hydroxyl groups excluding tert-OH is 1. The van der Waals surface area contributed by atoms with Crippen LogP contribution in [0.1, 0.15) is 36.2 Å². The largest absolute Gasteiger partial charge is 0.396 e. The Labute approximate surface area is 147 Å². The van der Waals surface area contributed by atoms with Crippen molar-refractivity contribution in [3.8, 4) is 0 Å². The SMILES string of the molecule is Cc1nonc1CC(=O)N1CCCC(CO)(CCc2ccccc2)C1. The van der Waals surface area contributed by atoms with Gasteiger partial charge >= 0.3 is 0 Å². The van der Waals surface area contributed by atoms with Crippen molar-refractivity contribution in [2.24, 2.45) is 5.41 Å². The van der Waals surface area contributed by atoms with Crippen LogP contribution >= 0.6 is 0 Å². The Kier molecular flexibility index (Phi) is 5.48. The Morgan fingerprint density at radius 3 is 2.80 bits per heavy atom. The van der Waals surface area contributed by atoms with E-state index >= 15 is 0 Å². The Morgan fingerprint density at radius 2 is 2.12 bits per heavy atom. The number of carbonyl (C=O) groups excluding carboxylic acids is 1. The van der Waals surface area contributed by atoms with Crippen LogP contribution in [0, 0.1) is 12.3 Å². The molecule has 6 nitrogen and oxygen atoms in total. The van der Waals surface area contributed by atoms with Gasteiger partial charge in [-0.05, 0) is 38.2 Å². The summed E-state index contributed by atoms with van der Waals surface area (Å²) in [5.74, 6) is 0.0241. The van der Waals surface area contributed by atoms with E-state index in [0.717, 1.165) is 32.2 Å². The quantitative estimate of drug-likeness (QED) is 0.869. The third-order valence-corrected chi connectivity index (χ3v) is 5.20. The molecule has 1 fully saturated rings. The lowest BCUT2D eigenvalue weighted by Gasteiger charge is -2.42. The second kappa shape index (κ2) is 7.78. The summed E-state index contributed by atoms with van der Waals surface area (Å²) in [6, 6.07) is 10.3. The van der Waals surface area contributed by atoms with E-state index in [4.69, 9.17) is 0 Å². The lowest BCUT2D eigenvalue weighted by Crippen LogP contribution is -2.48. The molecule has 2 heterocycles. The van der Waals surface area contributed by atoms with Crippen molar-refractivity contribution >= 4 is 5.91 Å². The molecule has 1 aromatic carbocycles. The molecule has 3 rings (SSSR count). The fourth-order valence-electron chi connectivity index (χ4n) is 3.55. The van der Waals surface area contributed by atoms with Crippen molar-refractivity contribution in [3.05, 3.63) is 47.3 Å². The first-order valence-corrected chi connectivity index (χ1v) is 8.82. The molecule has 0 saturated carbocycles. The molecule has 0 aliphatic carbocycles. The fraction of sp³-hybridized carbons (Fsp3) is 0.526. The number of rotatable bonds is 6. The van der Waals surface area contributed by atoms with Gasteiger partial charge in [0.25, 0.3) is 0 Å². The first-order chi connectivity index (χ1) is 12.1. The summed E-state index contributed by atoms with van der Waals surface area (Å²) in [5, 5.41) is 17.6. The monoisotopic (exact) mass is 343 g/mol. The van der Waals surface area contributed by atoms with Crippen LogP contribution in [-0.4, -0.2) is 45.9 Å². The van der Waals surface area contributed by atoms with Gasteiger partial charge in [-0.15, -0.1) is 0 Å². The van der Waals surface area contributed by atoms with Gasteiger partial charge in [-0.1, -0.05) is 40.6 Å². The summed E-state index contributed by atoms with van der Waals surface area (Å²) in [6.07, 6.45) is 3.86. The lowest BCUT2D eigenvalue weighted by atomic mass is 9.76. The molecule has 6 heteroatoms. The number of aliphatic hydroxyl groups is 1. The summed E-state index contributed by atoms with van der Waals surface area (Å²) in [7, 11) is 0. The molecule has 1 amide bonds. The highest BCUT2D eigenvalue weighted by molar-refractivity contribution is 5.78. The van der Waals surface area contributed by atoms with Crippen molar-refractivity contribution in [3.63, 3.8) is 0 Å². The molecule has 1 aromatic heterocycles. The maximum absolute atomic E-state index is 12.6. The van der Waals surface area contributed by atoms with Gasteiger partial charge in [-0.3, -0.25) is 4.79 Å². The Balaban J connectivity index is 1.63. The number of piperidine rings is 1. The van der Waals surface area contributed by atoms with Crippen molar-refractivity contribution in [1.82, 2.24) is 15.2 Å². The number of carbonyl (C=O) groups is 1. The maximum atomic E-state index is 12.6. The highest BCUT2D eigenvalue weighted by atomic mass is 16.6. The summed E-state index contributed by atoms with van der Waals surface area (Å²) in [6.45, 7) is 3.22. The zero-order chi connectivity index (χ0) is 17.7. The van der Waals surface area contributed by atoms with Crippen molar-refractivity contribution in [2.75, 3.05) is 19.7 Å². The summed E-state index contributed by atoms with van der Waals surface area (Å²) in [4.78, 5) is 14.5. The van der Waals surface area contributed by atoms with Crippen LogP contribution in [0.4, 0.5) is 0 Å². The van der Waals surface area contributed by atoms with Gasteiger partial charge in [0.2, 0.25) is 5.91 Å². The van der Waals surface area contributed by atoms with E-state index in [1.54, 1.807) is 6.92 Å². The molecule has 1 unspecified atom stereocenters. The second-order valence-corrected chi connectivity index (χ2v) is 7.04. The van der Waals surface area contributed by atoms with Crippen LogP contribution in [0.5, 0.6) is 0 Å². The lowest BCUT2D eigenvalue weighted by molar-refractivity contribution is -0.135. The van der Waals surface area contributed by atoms with Crippen LogP contribution in [0.15, 0.2) is 35.0 Å². The molecular formula is C19H25N3O3. The predicted molar refractivity (Wildman–Crippen MR) is 92.8 cm³/mol. The van der Waals surface area contributed by atoms with Gasteiger partial charge in [0.1, 0.15) is 11.4 Å². The Hall–Kier alpha value is -2.21. The average Bonchev–Trinajstić information content (AvgIpc) is 3.06. The summed E-state index contributed by atoms with van der Waals surface area (Å²) >= 11 is 0. The number of aromatic nitrogens is 2. The standard InChI is InChI=1S/C19H25N3O3/c1-15-17(21-25-20-15)12-18(24)22-11-5-9-19(13-22,14-23)10-8-16-6-3-2-4-7-16/h2-4,6-7,23H,5,8-14H2,1H3. The van der Waals surface area contributed by atoms with E-state index in [1.165, 1.54) is 5.56 Å². The molecule has 0 radical (unpaired) electrons. The van der Waals surface area contributed by atoms with Crippen LogP contribution in [0.2, 0.25) is 0 Å². The number of amides is 1. The topological polar surface area (TPSA) is 79.5 Å².